The Balaban J connectivity index is 2.37. The van der Waals surface area contributed by atoms with Gasteiger partial charge in [0.15, 0.2) is 0 Å². The topological polar surface area (TPSA) is 15.8 Å². The highest BCUT2D eigenvalue weighted by atomic mass is 32.2. The standard InChI is InChI=1S/C10H6F5NS/c11-9(12,13)10(14,15)17-8-5-16-7-4-2-1-3-6(7)8/h1-5,16H. The summed E-state index contributed by atoms with van der Waals surface area (Å²) >= 11 is -0.501. The van der Waals surface area contributed by atoms with Crippen LogP contribution in [-0.4, -0.2) is 16.4 Å². The summed E-state index contributed by atoms with van der Waals surface area (Å²) in [5, 5.41) is -4.45. The summed E-state index contributed by atoms with van der Waals surface area (Å²) in [6.07, 6.45) is -4.41. The second-order valence-electron chi connectivity index (χ2n) is 3.32. The number of nitrogens with one attached hydrogen (secondary N) is 1. The molecule has 2 aromatic rings. The van der Waals surface area contributed by atoms with Crippen molar-refractivity contribution in [1.82, 2.24) is 4.98 Å². The zero-order valence-electron chi connectivity index (χ0n) is 8.18. The lowest BCUT2D eigenvalue weighted by molar-refractivity contribution is -0.237. The Bertz CT molecular complexity index is 531. The van der Waals surface area contributed by atoms with E-state index in [4.69, 9.17) is 0 Å². The lowest BCUT2D eigenvalue weighted by atomic mass is 10.2. The number of aromatic amines is 1. The summed E-state index contributed by atoms with van der Waals surface area (Å²) in [6, 6.07) is 6.33. The van der Waals surface area contributed by atoms with Crippen molar-refractivity contribution in [2.24, 2.45) is 0 Å². The molecule has 1 aromatic carbocycles. The van der Waals surface area contributed by atoms with Crippen LogP contribution in [0, 0.1) is 0 Å². The van der Waals surface area contributed by atoms with Crippen LogP contribution in [0.5, 0.6) is 0 Å². The van der Waals surface area contributed by atoms with Gasteiger partial charge in [0.2, 0.25) is 0 Å². The van der Waals surface area contributed by atoms with E-state index in [1.807, 2.05) is 0 Å². The van der Waals surface area contributed by atoms with Crippen LogP contribution in [0.2, 0.25) is 0 Å². The van der Waals surface area contributed by atoms with Crippen molar-refractivity contribution in [3.8, 4) is 0 Å². The van der Waals surface area contributed by atoms with Gasteiger partial charge >= 0.3 is 11.4 Å². The first kappa shape index (κ1) is 12.2. The van der Waals surface area contributed by atoms with E-state index >= 15 is 0 Å². The molecule has 17 heavy (non-hydrogen) atoms. The molecular weight excluding hydrogens is 261 g/mol. The quantitative estimate of drug-likeness (QED) is 0.629. The Morgan fingerprint density at radius 3 is 2.29 bits per heavy atom. The predicted molar refractivity (Wildman–Crippen MR) is 55.2 cm³/mol. The Morgan fingerprint density at radius 2 is 1.65 bits per heavy atom. The highest BCUT2D eigenvalue weighted by Gasteiger charge is 2.58. The highest BCUT2D eigenvalue weighted by molar-refractivity contribution is 8.00. The molecule has 0 atom stereocenters. The van der Waals surface area contributed by atoms with Crippen LogP contribution < -0.4 is 0 Å². The fourth-order valence-electron chi connectivity index (χ4n) is 1.33. The SMILES string of the molecule is FC(F)(F)C(F)(F)Sc1c[nH]c2ccccc12. The van der Waals surface area contributed by atoms with Gasteiger partial charge in [0.1, 0.15) is 0 Å². The predicted octanol–water partition coefficient (Wildman–Crippen LogP) is 4.42. The number of hydrogen-bond acceptors (Lipinski definition) is 1. The number of thioether (sulfide) groups is 1. The van der Waals surface area contributed by atoms with Gasteiger partial charge in [-0.3, -0.25) is 0 Å². The van der Waals surface area contributed by atoms with Crippen LogP contribution >= 0.6 is 11.8 Å². The molecule has 1 nitrogen and oxygen atoms in total. The molecule has 0 spiro atoms. The minimum Gasteiger partial charge on any atom is -0.360 e. The van der Waals surface area contributed by atoms with Crippen molar-refractivity contribution in [3.63, 3.8) is 0 Å². The molecule has 0 saturated carbocycles. The molecule has 2 rings (SSSR count). The molecule has 0 aliphatic carbocycles. The van der Waals surface area contributed by atoms with E-state index in [-0.39, 0.29) is 4.90 Å². The van der Waals surface area contributed by atoms with Gasteiger partial charge in [-0.15, -0.1) is 0 Å². The summed E-state index contributed by atoms with van der Waals surface area (Å²) in [4.78, 5) is 2.52. The molecule has 0 unspecified atom stereocenters. The average Bonchev–Trinajstić information content (AvgIpc) is 2.60. The molecule has 0 saturated heterocycles. The molecule has 1 N–H and O–H groups in total. The molecule has 0 radical (unpaired) electrons. The third kappa shape index (κ3) is 2.24. The van der Waals surface area contributed by atoms with Gasteiger partial charge in [0, 0.05) is 22.0 Å². The molecule has 0 amide bonds. The summed E-state index contributed by atoms with van der Waals surface area (Å²) in [5.41, 5.74) is 0.521. The van der Waals surface area contributed by atoms with Gasteiger partial charge in [-0.1, -0.05) is 18.2 Å². The molecule has 0 aliphatic rings. The fraction of sp³-hybridized carbons (Fsp3) is 0.200. The lowest BCUT2D eigenvalue weighted by Gasteiger charge is -2.18. The van der Waals surface area contributed by atoms with E-state index in [2.05, 4.69) is 4.98 Å². The number of halogens is 5. The van der Waals surface area contributed by atoms with Crippen molar-refractivity contribution in [2.45, 2.75) is 16.3 Å². The third-order valence-corrected chi connectivity index (χ3v) is 3.16. The lowest BCUT2D eigenvalue weighted by Crippen LogP contribution is -2.32. The molecular formula is C10H6F5NS. The average molecular weight is 267 g/mol. The van der Waals surface area contributed by atoms with E-state index in [9.17, 15) is 22.0 Å². The van der Waals surface area contributed by atoms with Crippen molar-refractivity contribution < 1.29 is 22.0 Å². The second kappa shape index (κ2) is 3.90. The molecule has 0 fully saturated rings. The molecule has 1 heterocycles. The minimum atomic E-state index is -5.56. The monoisotopic (exact) mass is 267 g/mol. The van der Waals surface area contributed by atoms with Crippen molar-refractivity contribution in [1.29, 1.82) is 0 Å². The first-order chi connectivity index (χ1) is 7.81. The Hall–Kier alpha value is -1.24. The third-order valence-electron chi connectivity index (χ3n) is 2.12. The Kier molecular flexibility index (Phi) is 2.81. The van der Waals surface area contributed by atoms with E-state index in [0.29, 0.717) is 10.9 Å². The molecule has 7 heteroatoms. The molecule has 1 aromatic heterocycles. The maximum Gasteiger partial charge on any atom is 0.464 e. The van der Waals surface area contributed by atoms with Crippen LogP contribution in [0.3, 0.4) is 0 Å². The number of fused-ring (bicyclic) bond motifs is 1. The van der Waals surface area contributed by atoms with E-state index in [0.717, 1.165) is 6.20 Å². The van der Waals surface area contributed by atoms with Gasteiger partial charge < -0.3 is 4.98 Å². The van der Waals surface area contributed by atoms with Crippen LogP contribution in [-0.2, 0) is 0 Å². The van der Waals surface area contributed by atoms with Crippen LogP contribution in [0.1, 0.15) is 0 Å². The summed E-state index contributed by atoms with van der Waals surface area (Å²) in [7, 11) is 0. The second-order valence-corrected chi connectivity index (χ2v) is 4.47. The van der Waals surface area contributed by atoms with Gasteiger partial charge in [-0.2, -0.15) is 22.0 Å². The van der Waals surface area contributed by atoms with Crippen molar-refractivity contribution >= 4 is 22.7 Å². The largest absolute Gasteiger partial charge is 0.464 e. The van der Waals surface area contributed by atoms with Crippen LogP contribution in [0.15, 0.2) is 35.4 Å². The number of H-pyrrole nitrogens is 1. The zero-order chi connectivity index (χ0) is 12.7. The van der Waals surface area contributed by atoms with Crippen LogP contribution in [0.25, 0.3) is 10.9 Å². The number of aromatic nitrogens is 1. The van der Waals surface area contributed by atoms with Gasteiger partial charge in [0.05, 0.1) is 0 Å². The maximum absolute atomic E-state index is 12.8. The van der Waals surface area contributed by atoms with E-state index in [1.165, 1.54) is 6.07 Å². The number of alkyl halides is 5. The van der Waals surface area contributed by atoms with E-state index in [1.54, 1.807) is 18.2 Å². The molecule has 92 valence electrons. The number of para-hydroxylation sites is 1. The number of benzene rings is 1. The number of hydrogen-bond donors (Lipinski definition) is 1. The first-order valence-electron chi connectivity index (χ1n) is 4.51. The summed E-state index contributed by atoms with van der Waals surface area (Å²) in [6.45, 7) is 0. The Morgan fingerprint density at radius 1 is 1.00 bits per heavy atom. The first-order valence-corrected chi connectivity index (χ1v) is 5.32. The fourth-order valence-corrected chi connectivity index (χ4v) is 2.12. The van der Waals surface area contributed by atoms with E-state index < -0.39 is 23.2 Å². The maximum atomic E-state index is 12.8. The smallest absolute Gasteiger partial charge is 0.360 e. The van der Waals surface area contributed by atoms with Gasteiger partial charge in [0.25, 0.3) is 0 Å². The zero-order valence-corrected chi connectivity index (χ0v) is 9.00. The normalized spacial score (nSPS) is 13.2. The highest BCUT2D eigenvalue weighted by Crippen LogP contribution is 2.48. The van der Waals surface area contributed by atoms with Gasteiger partial charge in [-0.05, 0) is 17.8 Å². The Labute approximate surface area is 97.0 Å². The molecule has 0 bridgehead atoms. The van der Waals surface area contributed by atoms with Gasteiger partial charge in [-0.25, -0.2) is 0 Å². The molecule has 0 aliphatic heterocycles. The van der Waals surface area contributed by atoms with Crippen molar-refractivity contribution in [3.05, 3.63) is 30.5 Å². The number of rotatable bonds is 2. The minimum absolute atomic E-state index is 0.122. The van der Waals surface area contributed by atoms with Crippen LogP contribution in [0.4, 0.5) is 22.0 Å². The summed E-state index contributed by atoms with van der Waals surface area (Å²) in [5.74, 6) is 0. The summed E-state index contributed by atoms with van der Waals surface area (Å²) < 4.78 is 61.8. The van der Waals surface area contributed by atoms with Crippen molar-refractivity contribution in [2.75, 3.05) is 0 Å².